The van der Waals surface area contributed by atoms with Crippen molar-refractivity contribution in [2.24, 2.45) is 0 Å². The van der Waals surface area contributed by atoms with Gasteiger partial charge in [-0.3, -0.25) is 13.9 Å². The van der Waals surface area contributed by atoms with E-state index in [-0.39, 0.29) is 29.1 Å². The van der Waals surface area contributed by atoms with Crippen molar-refractivity contribution in [3.63, 3.8) is 0 Å². The van der Waals surface area contributed by atoms with Crippen LogP contribution in [0.25, 0.3) is 0 Å². The number of halogens is 1. The highest BCUT2D eigenvalue weighted by molar-refractivity contribution is 7.92. The molecule has 0 fully saturated rings. The van der Waals surface area contributed by atoms with E-state index in [2.05, 4.69) is 5.32 Å². The molecule has 7 nitrogen and oxygen atoms in total. The highest BCUT2D eigenvalue weighted by Crippen LogP contribution is 2.25. The van der Waals surface area contributed by atoms with Gasteiger partial charge in [-0.1, -0.05) is 61.4 Å². The number of carbonyl (C=O) groups is 2. The van der Waals surface area contributed by atoms with Crippen LogP contribution < -0.4 is 9.62 Å². The molecule has 0 aliphatic heterocycles. The largest absolute Gasteiger partial charge is 0.352 e. The predicted octanol–water partition coefficient (Wildman–Crippen LogP) is 5.36. The number of hydrogen-bond donors (Lipinski definition) is 1. The zero-order chi connectivity index (χ0) is 29.4. The molecule has 0 heterocycles. The summed E-state index contributed by atoms with van der Waals surface area (Å²) in [5.74, 6) is -1.39. The molecule has 9 heteroatoms. The molecule has 0 aromatic heterocycles. The minimum atomic E-state index is -4.25. The fourth-order valence-corrected chi connectivity index (χ4v) is 5.76. The maximum Gasteiger partial charge on any atom is 0.264 e. The second-order valence-electron chi connectivity index (χ2n) is 10.1. The Bertz CT molecular complexity index is 1410. The number of nitrogens with one attached hydrogen (secondary N) is 1. The van der Waals surface area contributed by atoms with Gasteiger partial charge in [0.05, 0.1) is 10.6 Å². The lowest BCUT2D eigenvalue weighted by Gasteiger charge is -2.33. The first-order valence-corrected chi connectivity index (χ1v) is 14.9. The Morgan fingerprint density at radius 3 is 2.12 bits per heavy atom. The fraction of sp³-hybridized carbons (Fsp3) is 0.355. The number of aryl methyl sites for hydroxylation is 2. The summed E-state index contributed by atoms with van der Waals surface area (Å²) in [6.45, 7) is 9.08. The van der Waals surface area contributed by atoms with Crippen LogP contribution in [0, 0.1) is 19.7 Å². The smallest absolute Gasteiger partial charge is 0.264 e. The molecular formula is C31H38FN3O4S. The molecule has 214 valence electrons. The molecule has 0 aliphatic carbocycles. The first-order chi connectivity index (χ1) is 19.0. The van der Waals surface area contributed by atoms with Crippen LogP contribution in [0.2, 0.25) is 0 Å². The fourth-order valence-electron chi connectivity index (χ4n) is 4.34. The van der Waals surface area contributed by atoms with E-state index in [0.29, 0.717) is 6.42 Å². The van der Waals surface area contributed by atoms with E-state index in [4.69, 9.17) is 0 Å². The molecule has 0 saturated heterocycles. The molecule has 0 spiro atoms. The van der Waals surface area contributed by atoms with Gasteiger partial charge >= 0.3 is 0 Å². The quantitative estimate of drug-likeness (QED) is 0.319. The number of benzene rings is 3. The summed E-state index contributed by atoms with van der Waals surface area (Å²) in [6.07, 6.45) is 1.07. The Kier molecular flexibility index (Phi) is 10.5. The van der Waals surface area contributed by atoms with Crippen molar-refractivity contribution in [1.82, 2.24) is 10.2 Å². The molecular weight excluding hydrogens is 529 g/mol. The standard InChI is InChI=1S/C31H38FN3O4S/c1-6-24(5)33-31(37)29(7-2)34(20-25-10-8-9-23(4)19-25)30(36)21-35(27-15-11-22(3)12-16-27)40(38,39)28-17-13-26(32)14-18-28/h8-19,24,29H,6-7,20-21H2,1-5H3,(H,33,37). The Morgan fingerprint density at radius 1 is 0.900 bits per heavy atom. The summed E-state index contributed by atoms with van der Waals surface area (Å²) in [5.41, 5.74) is 3.03. The van der Waals surface area contributed by atoms with Crippen molar-refractivity contribution < 1.29 is 22.4 Å². The first-order valence-electron chi connectivity index (χ1n) is 13.5. The molecule has 2 unspecified atom stereocenters. The minimum Gasteiger partial charge on any atom is -0.352 e. The molecule has 40 heavy (non-hydrogen) atoms. The molecule has 3 rings (SSSR count). The van der Waals surface area contributed by atoms with Gasteiger partial charge in [-0.25, -0.2) is 12.8 Å². The normalized spacial score (nSPS) is 12.8. The number of sulfonamides is 1. The molecule has 0 saturated carbocycles. The van der Waals surface area contributed by atoms with Crippen molar-refractivity contribution in [3.8, 4) is 0 Å². The van der Waals surface area contributed by atoms with E-state index in [1.807, 2.05) is 58.9 Å². The number of anilines is 1. The van der Waals surface area contributed by atoms with E-state index in [9.17, 15) is 22.4 Å². The van der Waals surface area contributed by atoms with Crippen molar-refractivity contribution in [3.05, 3.63) is 95.3 Å². The highest BCUT2D eigenvalue weighted by Gasteiger charge is 2.34. The summed E-state index contributed by atoms with van der Waals surface area (Å²) in [6, 6.07) is 18.0. The SMILES string of the molecule is CCC(C)NC(=O)C(CC)N(Cc1cccc(C)c1)C(=O)CN(c1ccc(C)cc1)S(=O)(=O)c1ccc(F)cc1. The van der Waals surface area contributed by atoms with Crippen LogP contribution in [0.1, 0.15) is 50.3 Å². The summed E-state index contributed by atoms with van der Waals surface area (Å²) >= 11 is 0. The monoisotopic (exact) mass is 567 g/mol. The van der Waals surface area contributed by atoms with Crippen molar-refractivity contribution >= 4 is 27.5 Å². The van der Waals surface area contributed by atoms with Crippen LogP contribution in [-0.4, -0.2) is 43.8 Å². The van der Waals surface area contributed by atoms with Crippen LogP contribution in [0.15, 0.2) is 77.7 Å². The van der Waals surface area contributed by atoms with E-state index in [1.165, 1.54) is 17.0 Å². The second kappa shape index (κ2) is 13.6. The summed E-state index contributed by atoms with van der Waals surface area (Å²) in [7, 11) is -4.25. The number of amides is 2. The molecule has 2 amide bonds. The highest BCUT2D eigenvalue weighted by atomic mass is 32.2. The Labute approximate surface area is 237 Å². The van der Waals surface area contributed by atoms with E-state index >= 15 is 0 Å². The van der Waals surface area contributed by atoms with Gasteiger partial charge in [0, 0.05) is 12.6 Å². The lowest BCUT2D eigenvalue weighted by molar-refractivity contribution is -0.140. The van der Waals surface area contributed by atoms with Crippen LogP contribution in [0.5, 0.6) is 0 Å². The summed E-state index contributed by atoms with van der Waals surface area (Å²) in [4.78, 5) is 28.7. The van der Waals surface area contributed by atoms with Crippen LogP contribution >= 0.6 is 0 Å². The van der Waals surface area contributed by atoms with Crippen LogP contribution in [0.4, 0.5) is 10.1 Å². The summed E-state index contributed by atoms with van der Waals surface area (Å²) < 4.78 is 42.2. The lowest BCUT2D eigenvalue weighted by atomic mass is 10.1. The van der Waals surface area contributed by atoms with Gasteiger partial charge < -0.3 is 10.2 Å². The molecule has 0 radical (unpaired) electrons. The molecule has 2 atom stereocenters. The maximum atomic E-state index is 14.1. The minimum absolute atomic E-state index is 0.0830. The van der Waals surface area contributed by atoms with Gasteiger partial charge in [0.25, 0.3) is 10.0 Å². The second-order valence-corrected chi connectivity index (χ2v) is 11.9. The van der Waals surface area contributed by atoms with Crippen molar-refractivity contribution in [1.29, 1.82) is 0 Å². The van der Waals surface area contributed by atoms with Crippen LogP contribution in [-0.2, 0) is 26.2 Å². The first kappa shape index (κ1) is 30.8. The molecule has 3 aromatic rings. The number of rotatable bonds is 12. The van der Waals surface area contributed by atoms with Gasteiger partial charge in [-0.2, -0.15) is 0 Å². The number of carbonyl (C=O) groups excluding carboxylic acids is 2. The van der Waals surface area contributed by atoms with Gasteiger partial charge in [0.1, 0.15) is 18.4 Å². The third kappa shape index (κ3) is 7.69. The summed E-state index contributed by atoms with van der Waals surface area (Å²) in [5, 5.41) is 2.97. The maximum absolute atomic E-state index is 14.1. The third-order valence-corrected chi connectivity index (χ3v) is 8.61. The molecule has 0 aliphatic rings. The average Bonchev–Trinajstić information content (AvgIpc) is 2.92. The van der Waals surface area contributed by atoms with E-state index < -0.39 is 34.3 Å². The van der Waals surface area contributed by atoms with E-state index in [0.717, 1.165) is 39.5 Å². The van der Waals surface area contributed by atoms with Gasteiger partial charge in [0.2, 0.25) is 11.8 Å². The van der Waals surface area contributed by atoms with Crippen molar-refractivity contribution in [2.75, 3.05) is 10.8 Å². The van der Waals surface area contributed by atoms with Crippen molar-refractivity contribution in [2.45, 2.75) is 71.0 Å². The zero-order valence-corrected chi connectivity index (χ0v) is 24.5. The zero-order valence-electron chi connectivity index (χ0n) is 23.7. The third-order valence-electron chi connectivity index (χ3n) is 6.82. The molecule has 1 N–H and O–H groups in total. The van der Waals surface area contributed by atoms with Gasteiger partial charge in [-0.05, 0) is 75.6 Å². The molecule has 0 bridgehead atoms. The van der Waals surface area contributed by atoms with Crippen LogP contribution in [0.3, 0.4) is 0 Å². The van der Waals surface area contributed by atoms with Gasteiger partial charge in [-0.15, -0.1) is 0 Å². The van der Waals surface area contributed by atoms with Gasteiger partial charge in [0.15, 0.2) is 0 Å². The van der Waals surface area contributed by atoms with E-state index in [1.54, 1.807) is 24.3 Å². The number of hydrogen-bond acceptors (Lipinski definition) is 4. The predicted molar refractivity (Wildman–Crippen MR) is 156 cm³/mol. The Morgan fingerprint density at radius 2 is 1.55 bits per heavy atom. The topological polar surface area (TPSA) is 86.8 Å². The Hall–Kier alpha value is -3.72. The number of nitrogens with zero attached hydrogens (tertiary/aromatic N) is 2. The average molecular weight is 568 g/mol. The lowest BCUT2D eigenvalue weighted by Crippen LogP contribution is -2.53. The molecule has 3 aromatic carbocycles. The Balaban J connectivity index is 2.05.